The van der Waals surface area contributed by atoms with Gasteiger partial charge in [-0.3, -0.25) is 62.8 Å². The number of carbonyl (C=O) groups excluding carboxylic acids is 10. The minimum absolute atomic E-state index is 0.00618. The first-order valence-electron chi connectivity index (χ1n) is 43.5. The smallest absolute Gasteiger partial charge is 0.326 e. The zero-order chi connectivity index (χ0) is 90.1. The maximum absolute atomic E-state index is 14.0. The topological polar surface area (TPSA) is 526 Å². The van der Waals surface area contributed by atoms with E-state index in [9.17, 15) is 71.4 Å². The van der Waals surface area contributed by atoms with E-state index in [1.165, 1.54) is 12.1 Å². The molecule has 0 fully saturated rings. The second-order valence-electron chi connectivity index (χ2n) is 30.7. The molecule has 0 aliphatic rings. The van der Waals surface area contributed by atoms with Crippen LogP contribution in [0.25, 0.3) is 0 Å². The van der Waals surface area contributed by atoms with Crippen LogP contribution < -0.4 is 43.4 Å². The lowest BCUT2D eigenvalue weighted by molar-refractivity contribution is -0.142. The summed E-state index contributed by atoms with van der Waals surface area (Å²) in [6, 6.07) is 3.68. The summed E-state index contributed by atoms with van der Waals surface area (Å²) < 4.78 is 85.0. The molecular weight excluding hydrogens is 1610 g/mol. The van der Waals surface area contributed by atoms with Crippen LogP contribution in [-0.2, 0) is 117 Å². The minimum atomic E-state index is -3.86. The number of ether oxygens (including phenoxy) is 10. The van der Waals surface area contributed by atoms with Crippen LogP contribution in [0.2, 0.25) is 0 Å². The van der Waals surface area contributed by atoms with Crippen LogP contribution in [0.15, 0.2) is 36.5 Å². The number of aromatic hydroxyl groups is 1. The highest BCUT2D eigenvalue weighted by Crippen LogP contribution is 2.21. The number of aliphatic carboxylic acids is 1. The van der Waals surface area contributed by atoms with Crippen LogP contribution in [0.5, 0.6) is 5.75 Å². The number of ketones is 5. The molecule has 0 aliphatic heterocycles. The second kappa shape index (κ2) is 75.0. The Hall–Kier alpha value is -7.37. The molecule has 0 bridgehead atoms. The van der Waals surface area contributed by atoms with Crippen molar-refractivity contribution >= 4 is 80.4 Å². The fourth-order valence-electron chi connectivity index (χ4n) is 12.4. The summed E-state index contributed by atoms with van der Waals surface area (Å²) in [7, 11) is -2.19. The standard InChI is InChI=1S/C85H148N10O26S/c1-66(2)56-73(99)59-93-74(78(101)60-95(4)76(27-17-18-28-79(86)87)77(100)58-69(84(88)106)57-68-30-32-71(97)33-31-68)26-19-20-36-90-81(103)63-119-52-46-113-41-23-25-72(98)62-118-51-48-116-44-39-92-83(105)65-121-54-49-114-42-37-89-67(3)61-117-50-47-115-43-38-91-82(104)64-120-53-45-112-40-22-24-70(96)34-35-75(85(107)108)94-80(102)29-16-14-12-10-8-6-5-7-9-11-13-15-21-55-122(109,110)111/h30-33,66,69,74-76,89,93,97H,3,5-29,34-65H2,1-2,4H3,(H3,86,87)(H2,88,106)(H,90,103)(H,91,104)(H,92,105)(H,94,102)(H,107,108)(H,109,110,111)/t69-,74+,75+,76+/m1/s1. The third kappa shape index (κ3) is 70.0. The average molecular weight is 1760 g/mol. The number of rotatable bonds is 89. The largest absolute Gasteiger partial charge is 0.508 e. The predicted octanol–water partition coefficient (Wildman–Crippen LogP) is 5.12. The van der Waals surface area contributed by atoms with Gasteiger partial charge in [0.15, 0.2) is 17.3 Å². The molecule has 4 atom stereocenters. The average Bonchev–Trinajstić information content (AvgIpc) is 0.855. The van der Waals surface area contributed by atoms with Crippen LogP contribution >= 0.6 is 0 Å². The third-order valence-electron chi connectivity index (χ3n) is 19.1. The minimum Gasteiger partial charge on any atom is -0.508 e. The number of hydrogen-bond acceptors (Lipinski definition) is 28. The monoisotopic (exact) mass is 1760 g/mol. The Labute approximate surface area is 722 Å². The van der Waals surface area contributed by atoms with E-state index in [4.69, 9.17) is 68.8 Å². The molecule has 1 aromatic rings. The third-order valence-corrected chi connectivity index (χ3v) is 19.9. The van der Waals surface area contributed by atoms with E-state index in [-0.39, 0.29) is 253 Å². The fourth-order valence-corrected chi connectivity index (χ4v) is 13.0. The van der Waals surface area contributed by atoms with Crippen molar-refractivity contribution in [1.82, 2.24) is 36.8 Å². The van der Waals surface area contributed by atoms with Gasteiger partial charge in [0.05, 0.1) is 129 Å². The molecule has 0 aromatic heterocycles. The summed E-state index contributed by atoms with van der Waals surface area (Å²) in [5.41, 5.74) is 12.7. The van der Waals surface area contributed by atoms with Crippen molar-refractivity contribution in [3.05, 3.63) is 42.1 Å². The molecular formula is C85H148N10O26S. The number of phenolic OH excluding ortho intramolecular Hbond substituents is 1. The predicted molar refractivity (Wildman–Crippen MR) is 459 cm³/mol. The van der Waals surface area contributed by atoms with Crippen molar-refractivity contribution < 1.29 is 123 Å². The highest BCUT2D eigenvalue weighted by atomic mass is 32.2. The number of nitrogens with two attached hydrogens (primary N) is 2. The molecule has 36 nitrogen and oxygen atoms in total. The Morgan fingerprint density at radius 3 is 1.41 bits per heavy atom. The quantitative estimate of drug-likeness (QED) is 0.0174. The van der Waals surface area contributed by atoms with Crippen LogP contribution in [0.1, 0.15) is 206 Å². The van der Waals surface area contributed by atoms with Crippen molar-refractivity contribution in [3.8, 4) is 5.75 Å². The Morgan fingerprint density at radius 2 is 0.910 bits per heavy atom. The first-order valence-corrected chi connectivity index (χ1v) is 45.1. The van der Waals surface area contributed by atoms with E-state index >= 15 is 0 Å². The SMILES string of the molecule is C=C(COCCOCCNC(=O)COCCOCCCC(=O)CC[C@H](NC(=O)CCCCCCCCCCCCCCCS(=O)(=O)O)C(=O)O)NCCOCCOCC(=O)NCCOCCOCC(=O)CCCOCCOCC(=O)NCCCC[C@H](NCC(=O)CC(C)C)C(=O)CN(C)[C@@H](CCCCC(=N)N)C(=O)C[C@@H](Cc1ccc(O)cc1)C(N)=O. The number of carboxylic acids is 1. The summed E-state index contributed by atoms with van der Waals surface area (Å²) in [6.07, 6.45) is 17.7. The lowest BCUT2D eigenvalue weighted by Crippen LogP contribution is -2.48. The molecule has 122 heavy (non-hydrogen) atoms. The molecule has 1 aromatic carbocycles. The van der Waals surface area contributed by atoms with E-state index < -0.39 is 46.0 Å². The second-order valence-corrected chi connectivity index (χ2v) is 32.3. The van der Waals surface area contributed by atoms with Gasteiger partial charge in [0.25, 0.3) is 10.1 Å². The molecule has 37 heteroatoms. The van der Waals surface area contributed by atoms with Crippen LogP contribution in [0, 0.1) is 17.2 Å². The fraction of sp³-hybridized carbons (Fsp3) is 0.765. The van der Waals surface area contributed by atoms with Crippen molar-refractivity contribution in [1.29, 1.82) is 5.41 Å². The number of primary amides is 1. The summed E-state index contributed by atoms with van der Waals surface area (Å²) in [4.78, 5) is 141. The van der Waals surface area contributed by atoms with Crippen LogP contribution in [0.4, 0.5) is 0 Å². The van der Waals surface area contributed by atoms with Gasteiger partial charge in [-0.25, -0.2) is 4.79 Å². The number of carbonyl (C=O) groups is 11. The molecule has 5 amide bonds. The van der Waals surface area contributed by atoms with E-state index in [2.05, 4.69) is 38.5 Å². The number of amidine groups is 1. The van der Waals surface area contributed by atoms with Gasteiger partial charge >= 0.3 is 5.97 Å². The Kier molecular flexibility index (Phi) is 69.2. The number of benzene rings is 1. The van der Waals surface area contributed by atoms with Gasteiger partial charge in [0.1, 0.15) is 49.8 Å². The van der Waals surface area contributed by atoms with Gasteiger partial charge in [-0.1, -0.05) is 110 Å². The van der Waals surface area contributed by atoms with Gasteiger partial charge in [-0.2, -0.15) is 8.42 Å². The lowest BCUT2D eigenvalue weighted by Gasteiger charge is -2.29. The van der Waals surface area contributed by atoms with Gasteiger partial charge in [-0.15, -0.1) is 0 Å². The van der Waals surface area contributed by atoms with E-state index in [0.717, 1.165) is 76.2 Å². The number of hydrogen-bond donors (Lipinski definition) is 12. The molecule has 14 N–H and O–H groups in total. The van der Waals surface area contributed by atoms with Gasteiger partial charge in [0, 0.05) is 96.0 Å². The number of unbranched alkanes of at least 4 members (excludes halogenated alkanes) is 14. The Balaban J connectivity index is 2.03. The molecule has 0 radical (unpaired) electrons. The van der Waals surface area contributed by atoms with Crippen molar-refractivity contribution in [2.24, 2.45) is 23.3 Å². The van der Waals surface area contributed by atoms with Crippen LogP contribution in [0.3, 0.4) is 0 Å². The van der Waals surface area contributed by atoms with E-state index in [0.29, 0.717) is 122 Å². The van der Waals surface area contributed by atoms with Crippen molar-refractivity contribution in [3.63, 3.8) is 0 Å². The Morgan fingerprint density at radius 1 is 0.459 bits per heavy atom. The highest BCUT2D eigenvalue weighted by Gasteiger charge is 2.31. The molecule has 0 saturated carbocycles. The number of amides is 5. The number of likely N-dealkylation sites (N-methyl/N-ethyl adjacent to an activating group) is 1. The maximum atomic E-state index is 14.0. The molecule has 700 valence electrons. The molecule has 0 unspecified atom stereocenters. The van der Waals surface area contributed by atoms with Gasteiger partial charge in [-0.05, 0) is 101 Å². The molecule has 1 rings (SSSR count). The van der Waals surface area contributed by atoms with Crippen molar-refractivity contribution in [2.75, 3.05) is 184 Å². The number of nitrogens with zero attached hydrogens (tertiary/aromatic N) is 1. The molecule has 0 spiro atoms. The maximum Gasteiger partial charge on any atom is 0.326 e. The van der Waals surface area contributed by atoms with E-state index in [1.54, 1.807) is 24.1 Å². The van der Waals surface area contributed by atoms with Gasteiger partial charge in [0.2, 0.25) is 29.5 Å². The lowest BCUT2D eigenvalue weighted by atomic mass is 9.89. The summed E-state index contributed by atoms with van der Waals surface area (Å²) >= 11 is 0. The molecule has 0 aliphatic carbocycles. The molecule has 0 saturated heterocycles. The summed E-state index contributed by atoms with van der Waals surface area (Å²) in [6.45, 7) is 12.4. The van der Waals surface area contributed by atoms with Gasteiger partial charge < -0.3 is 101 Å². The Bertz CT molecular complexity index is 3190. The first kappa shape index (κ1) is 113. The number of carboxylic acid groups (broad SMARTS) is 1. The first-order chi connectivity index (χ1) is 58.5. The van der Waals surface area contributed by atoms with Crippen LogP contribution in [-0.4, -0.2) is 301 Å². The summed E-state index contributed by atoms with van der Waals surface area (Å²) in [5, 5.41) is 43.9. The number of phenols is 1. The summed E-state index contributed by atoms with van der Waals surface area (Å²) in [5.74, 6) is -4.70. The van der Waals surface area contributed by atoms with Crippen molar-refractivity contribution in [2.45, 2.75) is 225 Å². The zero-order valence-corrected chi connectivity index (χ0v) is 73.8. The highest BCUT2D eigenvalue weighted by molar-refractivity contribution is 7.85. The normalized spacial score (nSPS) is 12.5. The van der Waals surface area contributed by atoms with E-state index in [1.807, 2.05) is 13.8 Å². The zero-order valence-electron chi connectivity index (χ0n) is 72.9. The number of nitrogens with one attached hydrogen (secondary N) is 7. The number of Topliss-reactive ketones (excluding diaryl/α,β-unsaturated/α-hetero) is 5. The molecule has 0 heterocycles.